The van der Waals surface area contributed by atoms with E-state index in [-0.39, 0.29) is 6.04 Å². The molecular weight excluding hydrogens is 210 g/mol. The van der Waals surface area contributed by atoms with Crippen molar-refractivity contribution in [3.8, 4) is 0 Å². The van der Waals surface area contributed by atoms with Crippen LogP contribution in [0.25, 0.3) is 0 Å². The maximum Gasteiger partial charge on any atom is 0.125 e. The normalized spacial score (nSPS) is 20.2. The number of rotatable bonds is 2. The summed E-state index contributed by atoms with van der Waals surface area (Å²) in [6, 6.07) is 8.62. The molecule has 0 amide bonds. The van der Waals surface area contributed by atoms with Gasteiger partial charge in [0, 0.05) is 25.4 Å². The molecule has 0 bridgehead atoms. The standard InChI is InChI=1S/C14H17N3/c1-17-9-8-16-14(17)13(15)12-7-6-10-4-2-3-5-11(10)12/h2-5,8-9,12-13H,6-7,15H2,1H3. The topological polar surface area (TPSA) is 43.8 Å². The predicted molar refractivity (Wildman–Crippen MR) is 67.6 cm³/mol. The van der Waals surface area contributed by atoms with Gasteiger partial charge in [0.2, 0.25) is 0 Å². The lowest BCUT2D eigenvalue weighted by molar-refractivity contribution is 0.511. The molecule has 17 heavy (non-hydrogen) atoms. The van der Waals surface area contributed by atoms with Crippen molar-refractivity contribution in [1.29, 1.82) is 0 Å². The molecular formula is C14H17N3. The van der Waals surface area contributed by atoms with Gasteiger partial charge in [0.05, 0.1) is 6.04 Å². The minimum Gasteiger partial charge on any atom is -0.337 e. The number of nitrogens with zero attached hydrogens (tertiary/aromatic N) is 2. The van der Waals surface area contributed by atoms with Gasteiger partial charge in [-0.3, -0.25) is 0 Å². The Hall–Kier alpha value is -1.61. The van der Waals surface area contributed by atoms with Gasteiger partial charge in [-0.05, 0) is 24.0 Å². The molecule has 2 aromatic rings. The first-order chi connectivity index (χ1) is 8.27. The SMILES string of the molecule is Cn1ccnc1C(N)C1CCc2ccccc21. The molecule has 2 N–H and O–H groups in total. The van der Waals surface area contributed by atoms with Crippen LogP contribution >= 0.6 is 0 Å². The van der Waals surface area contributed by atoms with E-state index in [1.165, 1.54) is 11.1 Å². The van der Waals surface area contributed by atoms with Gasteiger partial charge in [-0.25, -0.2) is 4.98 Å². The van der Waals surface area contributed by atoms with Crippen LogP contribution in [0.5, 0.6) is 0 Å². The highest BCUT2D eigenvalue weighted by molar-refractivity contribution is 5.36. The molecule has 3 nitrogen and oxygen atoms in total. The Morgan fingerprint density at radius 2 is 2.24 bits per heavy atom. The first kappa shape index (κ1) is 10.5. The maximum absolute atomic E-state index is 6.38. The lowest BCUT2D eigenvalue weighted by atomic mass is 9.93. The second-order valence-corrected chi connectivity index (χ2v) is 4.77. The number of aromatic nitrogens is 2. The summed E-state index contributed by atoms with van der Waals surface area (Å²) in [6.45, 7) is 0. The van der Waals surface area contributed by atoms with Gasteiger partial charge in [-0.2, -0.15) is 0 Å². The fourth-order valence-electron chi connectivity index (χ4n) is 2.84. The highest BCUT2D eigenvalue weighted by atomic mass is 15.1. The van der Waals surface area contributed by atoms with Crippen LogP contribution in [-0.2, 0) is 13.5 Å². The van der Waals surface area contributed by atoms with E-state index in [9.17, 15) is 0 Å². The average Bonchev–Trinajstić information content (AvgIpc) is 2.94. The third-order valence-electron chi connectivity index (χ3n) is 3.77. The Bertz CT molecular complexity index is 530. The lowest BCUT2D eigenvalue weighted by Gasteiger charge is -2.19. The third-order valence-corrected chi connectivity index (χ3v) is 3.77. The van der Waals surface area contributed by atoms with E-state index in [1.807, 2.05) is 24.0 Å². The zero-order chi connectivity index (χ0) is 11.8. The fourth-order valence-corrected chi connectivity index (χ4v) is 2.84. The summed E-state index contributed by atoms with van der Waals surface area (Å²) in [5.41, 5.74) is 9.23. The van der Waals surface area contributed by atoms with Crippen molar-refractivity contribution >= 4 is 0 Å². The van der Waals surface area contributed by atoms with Crippen LogP contribution in [0.1, 0.15) is 35.3 Å². The Morgan fingerprint density at radius 3 is 3.00 bits per heavy atom. The number of aryl methyl sites for hydroxylation is 2. The maximum atomic E-state index is 6.38. The van der Waals surface area contributed by atoms with E-state index in [2.05, 4.69) is 29.2 Å². The van der Waals surface area contributed by atoms with Gasteiger partial charge in [-0.15, -0.1) is 0 Å². The summed E-state index contributed by atoms with van der Waals surface area (Å²) in [7, 11) is 2.00. The molecule has 1 heterocycles. The minimum absolute atomic E-state index is 0.00125. The van der Waals surface area contributed by atoms with Crippen LogP contribution in [0.3, 0.4) is 0 Å². The molecule has 88 valence electrons. The number of fused-ring (bicyclic) bond motifs is 1. The van der Waals surface area contributed by atoms with Crippen molar-refractivity contribution in [2.45, 2.75) is 24.8 Å². The molecule has 0 aliphatic heterocycles. The van der Waals surface area contributed by atoms with Crippen LogP contribution in [0.15, 0.2) is 36.7 Å². The van der Waals surface area contributed by atoms with Crippen LogP contribution in [0.2, 0.25) is 0 Å². The van der Waals surface area contributed by atoms with Gasteiger partial charge in [0.15, 0.2) is 0 Å². The monoisotopic (exact) mass is 227 g/mol. The molecule has 0 saturated heterocycles. The molecule has 3 rings (SSSR count). The van der Waals surface area contributed by atoms with Gasteiger partial charge in [0.1, 0.15) is 5.82 Å². The van der Waals surface area contributed by atoms with Crippen molar-refractivity contribution in [1.82, 2.24) is 9.55 Å². The van der Waals surface area contributed by atoms with Crippen molar-refractivity contribution in [3.63, 3.8) is 0 Å². The van der Waals surface area contributed by atoms with Gasteiger partial charge in [-0.1, -0.05) is 24.3 Å². The molecule has 1 aliphatic carbocycles. The number of benzene rings is 1. The van der Waals surface area contributed by atoms with Gasteiger partial charge >= 0.3 is 0 Å². The first-order valence-corrected chi connectivity index (χ1v) is 6.08. The zero-order valence-corrected chi connectivity index (χ0v) is 10.0. The summed E-state index contributed by atoms with van der Waals surface area (Å²) in [6.07, 6.45) is 6.04. The third kappa shape index (κ3) is 1.67. The zero-order valence-electron chi connectivity index (χ0n) is 10.0. The summed E-state index contributed by atoms with van der Waals surface area (Å²) in [5.74, 6) is 1.39. The van der Waals surface area contributed by atoms with Crippen molar-refractivity contribution in [3.05, 3.63) is 53.6 Å². The predicted octanol–water partition coefficient (Wildman–Crippen LogP) is 2.15. The molecule has 0 fully saturated rings. The highest BCUT2D eigenvalue weighted by Crippen LogP contribution is 2.39. The molecule has 2 atom stereocenters. The minimum atomic E-state index is -0.00125. The smallest absolute Gasteiger partial charge is 0.125 e. The first-order valence-electron chi connectivity index (χ1n) is 6.08. The van der Waals surface area contributed by atoms with E-state index in [4.69, 9.17) is 5.73 Å². The number of hydrogen-bond acceptors (Lipinski definition) is 2. The Kier molecular flexibility index (Phi) is 2.48. The number of hydrogen-bond donors (Lipinski definition) is 1. The van der Waals surface area contributed by atoms with E-state index in [0.717, 1.165) is 18.7 Å². The van der Waals surface area contributed by atoms with E-state index >= 15 is 0 Å². The molecule has 1 aromatic carbocycles. The Labute approximate surface area is 101 Å². The summed E-state index contributed by atoms with van der Waals surface area (Å²) < 4.78 is 2.02. The van der Waals surface area contributed by atoms with Crippen LogP contribution < -0.4 is 5.73 Å². The van der Waals surface area contributed by atoms with Gasteiger partial charge < -0.3 is 10.3 Å². The van der Waals surface area contributed by atoms with Crippen molar-refractivity contribution < 1.29 is 0 Å². The van der Waals surface area contributed by atoms with E-state index in [1.54, 1.807) is 0 Å². The Balaban J connectivity index is 1.95. The van der Waals surface area contributed by atoms with Crippen LogP contribution in [0.4, 0.5) is 0 Å². The van der Waals surface area contributed by atoms with E-state index in [0.29, 0.717) is 5.92 Å². The molecule has 1 aliphatic rings. The highest BCUT2D eigenvalue weighted by Gasteiger charge is 2.29. The quantitative estimate of drug-likeness (QED) is 0.854. The second-order valence-electron chi connectivity index (χ2n) is 4.77. The molecule has 1 aromatic heterocycles. The molecule has 0 radical (unpaired) electrons. The fraction of sp³-hybridized carbons (Fsp3) is 0.357. The van der Waals surface area contributed by atoms with Crippen LogP contribution in [0, 0.1) is 0 Å². The van der Waals surface area contributed by atoms with Crippen molar-refractivity contribution in [2.24, 2.45) is 12.8 Å². The summed E-state index contributed by atoms with van der Waals surface area (Å²) >= 11 is 0. The molecule has 0 spiro atoms. The lowest BCUT2D eigenvalue weighted by Crippen LogP contribution is -2.21. The second kappa shape index (κ2) is 4.00. The summed E-state index contributed by atoms with van der Waals surface area (Å²) in [4.78, 5) is 4.37. The average molecular weight is 227 g/mol. The summed E-state index contributed by atoms with van der Waals surface area (Å²) in [5, 5.41) is 0. The van der Waals surface area contributed by atoms with Gasteiger partial charge in [0.25, 0.3) is 0 Å². The molecule has 2 unspecified atom stereocenters. The van der Waals surface area contributed by atoms with E-state index < -0.39 is 0 Å². The molecule has 3 heteroatoms. The number of imidazole rings is 1. The number of nitrogens with two attached hydrogens (primary N) is 1. The van der Waals surface area contributed by atoms with Crippen molar-refractivity contribution in [2.75, 3.05) is 0 Å². The Morgan fingerprint density at radius 1 is 1.41 bits per heavy atom. The molecule has 0 saturated carbocycles. The largest absolute Gasteiger partial charge is 0.337 e. The van der Waals surface area contributed by atoms with Crippen LogP contribution in [-0.4, -0.2) is 9.55 Å².